The summed E-state index contributed by atoms with van der Waals surface area (Å²) in [7, 11) is 0. The number of hydrogen-bond donors (Lipinski definition) is 0. The summed E-state index contributed by atoms with van der Waals surface area (Å²) in [5, 5.41) is 0. The minimum atomic E-state index is -1.16. The largest absolute Gasteiger partial charge is 0.459 e. The van der Waals surface area contributed by atoms with E-state index >= 15 is 0 Å². The summed E-state index contributed by atoms with van der Waals surface area (Å²) in [6.45, 7) is 15.3. The molecule has 0 N–H and O–H groups in total. The van der Waals surface area contributed by atoms with Crippen molar-refractivity contribution in [1.82, 2.24) is 4.90 Å². The Kier molecular flexibility index (Phi) is 7.57. The number of carbonyl (C=O) groups is 2. The maximum atomic E-state index is 12.8. The number of hydrogen-bond acceptors (Lipinski definition) is 5. The van der Waals surface area contributed by atoms with Crippen LogP contribution in [0.2, 0.25) is 0 Å². The average Bonchev–Trinajstić information content (AvgIpc) is 2.51. The summed E-state index contributed by atoms with van der Waals surface area (Å²) in [5.74, 6) is -1.24. The van der Waals surface area contributed by atoms with Crippen molar-refractivity contribution in [2.45, 2.75) is 65.3 Å². The van der Waals surface area contributed by atoms with Crippen molar-refractivity contribution in [3.05, 3.63) is 48.6 Å². The molecule has 0 radical (unpaired) electrons. The molecule has 1 atom stereocenters. The van der Waals surface area contributed by atoms with E-state index in [2.05, 4.69) is 6.58 Å². The lowest BCUT2D eigenvalue weighted by molar-refractivity contribution is -0.174. The van der Waals surface area contributed by atoms with Gasteiger partial charge >= 0.3 is 11.9 Å². The van der Waals surface area contributed by atoms with E-state index in [-0.39, 0.29) is 6.61 Å². The second-order valence-corrected chi connectivity index (χ2v) is 8.14. The summed E-state index contributed by atoms with van der Waals surface area (Å²) in [5.41, 5.74) is -0.302. The molecule has 5 nitrogen and oxygen atoms in total. The van der Waals surface area contributed by atoms with Crippen molar-refractivity contribution in [1.29, 1.82) is 0 Å². The Balaban J connectivity index is 3.06. The molecule has 0 amide bonds. The topological polar surface area (TPSA) is 55.8 Å². The minimum Gasteiger partial charge on any atom is -0.459 e. The number of carbonyl (C=O) groups excluding carboxylic acids is 2. The number of rotatable bonds is 7. The van der Waals surface area contributed by atoms with Gasteiger partial charge in [0.25, 0.3) is 0 Å². The molecule has 1 aromatic rings. The first-order chi connectivity index (χ1) is 12.0. The molecule has 0 aliphatic rings. The van der Waals surface area contributed by atoms with Crippen molar-refractivity contribution in [3.63, 3.8) is 0 Å². The van der Waals surface area contributed by atoms with Gasteiger partial charge in [-0.1, -0.05) is 36.4 Å². The van der Waals surface area contributed by atoms with Crippen LogP contribution in [0.15, 0.2) is 43.0 Å². The molecule has 0 heterocycles. The highest BCUT2D eigenvalue weighted by atomic mass is 16.6. The summed E-state index contributed by atoms with van der Waals surface area (Å²) >= 11 is 0. The van der Waals surface area contributed by atoms with Crippen molar-refractivity contribution in [2.75, 3.05) is 6.54 Å². The van der Waals surface area contributed by atoms with Crippen LogP contribution >= 0.6 is 0 Å². The third-order valence-electron chi connectivity index (χ3n) is 3.58. The van der Waals surface area contributed by atoms with Crippen LogP contribution < -0.4 is 0 Å². The number of ether oxygens (including phenoxy) is 2. The fourth-order valence-corrected chi connectivity index (χ4v) is 2.42. The second kappa shape index (κ2) is 8.99. The highest BCUT2D eigenvalue weighted by Crippen LogP contribution is 2.21. The molecule has 0 aromatic heterocycles. The fraction of sp³-hybridized carbons (Fsp3) is 0.524. The molecular formula is C21H31NO4. The molecule has 0 bridgehead atoms. The lowest BCUT2D eigenvalue weighted by Crippen LogP contribution is -2.57. The summed E-state index contributed by atoms with van der Waals surface area (Å²) in [6.07, 6.45) is 1.66. The Morgan fingerprint density at radius 2 is 1.65 bits per heavy atom. The van der Waals surface area contributed by atoms with Crippen molar-refractivity contribution >= 4 is 11.9 Å². The standard InChI is InChI=1S/C21H31NO4/c1-8-14-22(20(2,3)4)17(19(24)26-21(5,6)7)18(23)25-15-16-12-10-9-11-13-16/h8-13,17H,1,14-15H2,2-7H3. The van der Waals surface area contributed by atoms with Gasteiger partial charge in [0.2, 0.25) is 6.04 Å². The summed E-state index contributed by atoms with van der Waals surface area (Å²) < 4.78 is 10.9. The van der Waals surface area contributed by atoms with E-state index < -0.39 is 29.1 Å². The van der Waals surface area contributed by atoms with Crippen molar-refractivity contribution < 1.29 is 19.1 Å². The predicted octanol–water partition coefficient (Wildman–Crippen LogP) is 3.73. The molecule has 0 aliphatic carbocycles. The van der Waals surface area contributed by atoms with E-state index in [1.807, 2.05) is 51.1 Å². The van der Waals surface area contributed by atoms with Gasteiger partial charge in [-0.25, -0.2) is 9.59 Å². The van der Waals surface area contributed by atoms with E-state index in [0.29, 0.717) is 6.54 Å². The Morgan fingerprint density at radius 1 is 1.08 bits per heavy atom. The molecule has 5 heteroatoms. The van der Waals surface area contributed by atoms with E-state index in [1.165, 1.54) is 0 Å². The SMILES string of the molecule is C=CCN(C(C(=O)OCc1ccccc1)C(=O)OC(C)(C)C)C(C)(C)C. The molecule has 1 aromatic carbocycles. The Bertz CT molecular complexity index is 611. The molecular weight excluding hydrogens is 330 g/mol. The maximum Gasteiger partial charge on any atom is 0.335 e. The van der Waals surface area contributed by atoms with E-state index in [4.69, 9.17) is 9.47 Å². The third kappa shape index (κ3) is 7.00. The van der Waals surface area contributed by atoms with Crippen LogP contribution in [0, 0.1) is 0 Å². The molecule has 1 unspecified atom stereocenters. The predicted molar refractivity (Wildman–Crippen MR) is 103 cm³/mol. The van der Waals surface area contributed by atoms with E-state index in [9.17, 15) is 9.59 Å². The molecule has 0 saturated carbocycles. The van der Waals surface area contributed by atoms with Gasteiger partial charge in [-0.2, -0.15) is 0 Å². The molecule has 0 spiro atoms. The molecule has 144 valence electrons. The van der Waals surface area contributed by atoms with Crippen LogP contribution in [0.5, 0.6) is 0 Å². The lowest BCUT2D eigenvalue weighted by Gasteiger charge is -2.39. The van der Waals surface area contributed by atoms with Crippen LogP contribution in [-0.4, -0.2) is 40.6 Å². The number of benzene rings is 1. The van der Waals surface area contributed by atoms with Gasteiger partial charge in [-0.05, 0) is 47.1 Å². The zero-order chi connectivity index (χ0) is 20.0. The Hall–Kier alpha value is -2.14. The van der Waals surface area contributed by atoms with Gasteiger partial charge in [0, 0.05) is 12.1 Å². The lowest BCUT2D eigenvalue weighted by atomic mass is 10.0. The quantitative estimate of drug-likeness (QED) is 0.421. The Morgan fingerprint density at radius 3 is 2.12 bits per heavy atom. The van der Waals surface area contributed by atoms with Crippen molar-refractivity contribution in [3.8, 4) is 0 Å². The fourth-order valence-electron chi connectivity index (χ4n) is 2.42. The molecule has 1 rings (SSSR count). The first-order valence-electron chi connectivity index (χ1n) is 8.77. The van der Waals surface area contributed by atoms with Gasteiger partial charge in [0.15, 0.2) is 0 Å². The zero-order valence-corrected chi connectivity index (χ0v) is 16.7. The van der Waals surface area contributed by atoms with E-state index in [1.54, 1.807) is 31.7 Å². The highest BCUT2D eigenvalue weighted by Gasteiger charge is 2.41. The molecule has 0 aliphatic heterocycles. The highest BCUT2D eigenvalue weighted by molar-refractivity contribution is 5.99. The third-order valence-corrected chi connectivity index (χ3v) is 3.58. The van der Waals surface area contributed by atoms with Crippen LogP contribution in [0.4, 0.5) is 0 Å². The smallest absolute Gasteiger partial charge is 0.335 e. The van der Waals surface area contributed by atoms with Gasteiger partial charge in [0.1, 0.15) is 12.2 Å². The van der Waals surface area contributed by atoms with Crippen LogP contribution in [0.3, 0.4) is 0 Å². The van der Waals surface area contributed by atoms with Gasteiger partial charge in [-0.3, -0.25) is 4.90 Å². The minimum absolute atomic E-state index is 0.102. The van der Waals surface area contributed by atoms with Crippen LogP contribution in [0.25, 0.3) is 0 Å². The monoisotopic (exact) mass is 361 g/mol. The second-order valence-electron chi connectivity index (χ2n) is 8.14. The first kappa shape index (κ1) is 21.9. The van der Waals surface area contributed by atoms with Gasteiger partial charge in [0.05, 0.1) is 0 Å². The first-order valence-corrected chi connectivity index (χ1v) is 8.77. The van der Waals surface area contributed by atoms with Crippen molar-refractivity contribution in [2.24, 2.45) is 0 Å². The molecule has 26 heavy (non-hydrogen) atoms. The van der Waals surface area contributed by atoms with Gasteiger partial charge in [-0.15, -0.1) is 6.58 Å². The van der Waals surface area contributed by atoms with Crippen LogP contribution in [-0.2, 0) is 25.7 Å². The zero-order valence-electron chi connectivity index (χ0n) is 16.7. The molecule has 0 saturated heterocycles. The Labute approximate surface area is 157 Å². The summed E-state index contributed by atoms with van der Waals surface area (Å²) in [6, 6.07) is 8.19. The number of nitrogens with zero attached hydrogens (tertiary/aromatic N) is 1. The normalized spacial score (nSPS) is 13.2. The van der Waals surface area contributed by atoms with Gasteiger partial charge < -0.3 is 9.47 Å². The summed E-state index contributed by atoms with van der Waals surface area (Å²) in [4.78, 5) is 27.3. The van der Waals surface area contributed by atoms with E-state index in [0.717, 1.165) is 5.56 Å². The average molecular weight is 361 g/mol. The maximum absolute atomic E-state index is 12.8. The number of esters is 2. The van der Waals surface area contributed by atoms with Crippen LogP contribution in [0.1, 0.15) is 47.1 Å². The molecule has 0 fully saturated rings.